The molecule has 0 amide bonds. The molecule has 0 bridgehead atoms. The Morgan fingerprint density at radius 1 is 1.20 bits per heavy atom. The van der Waals surface area contributed by atoms with Gasteiger partial charge in [0.15, 0.2) is 0 Å². The van der Waals surface area contributed by atoms with Crippen LogP contribution in [0.3, 0.4) is 0 Å². The molecule has 0 unspecified atom stereocenters. The van der Waals surface area contributed by atoms with Crippen molar-refractivity contribution in [2.75, 3.05) is 0 Å². The minimum Gasteiger partial charge on any atom is -2.00 e. The van der Waals surface area contributed by atoms with Gasteiger partial charge in [-0.15, -0.1) is 0 Å². The van der Waals surface area contributed by atoms with Gasteiger partial charge in [0.1, 0.15) is 0 Å². The largest absolute Gasteiger partial charge is 2.00 e. The van der Waals surface area contributed by atoms with Crippen molar-refractivity contribution in [3.05, 3.63) is 6.57 Å². The molecule has 0 aromatic carbocycles. The second-order valence-corrected chi connectivity index (χ2v) is 0. The fraction of sp³-hybridized carbons (Fsp3) is 0. The third kappa shape index (κ3) is 32.4. The van der Waals surface area contributed by atoms with Gasteiger partial charge in [-0.1, -0.05) is 0 Å². The standard InChI is InChI=1S/CN.Cd.Na.O/c1-2;;;/q-1;+2;+1;-2. The molecule has 0 aliphatic heterocycles. The normalized spacial score (nSPS) is 0.400. The molecule has 0 atom stereocenters. The van der Waals surface area contributed by atoms with Crippen molar-refractivity contribution in [3.8, 4) is 0 Å². The maximum Gasteiger partial charge on any atom is 2.00 e. The van der Waals surface area contributed by atoms with Gasteiger partial charge in [0.25, 0.3) is 0 Å². The molecule has 0 spiro atoms. The Bertz CT molecular complexity index is 16.4. The van der Waals surface area contributed by atoms with E-state index in [0.29, 0.717) is 0 Å². The molecular weight excluding hydrogens is 177 g/mol. The van der Waals surface area contributed by atoms with Crippen molar-refractivity contribution in [1.82, 2.24) is 0 Å². The van der Waals surface area contributed by atoms with Gasteiger partial charge >= 0.3 is 56.9 Å². The maximum absolute atomic E-state index is 6.25. The maximum atomic E-state index is 6.25. The van der Waals surface area contributed by atoms with E-state index >= 15 is 0 Å². The zero-order chi connectivity index (χ0) is 2.00. The summed E-state index contributed by atoms with van der Waals surface area (Å²) in [6, 6.07) is 0. The molecule has 0 saturated carbocycles. The molecule has 18 valence electrons. The summed E-state index contributed by atoms with van der Waals surface area (Å²) < 4.78 is 0. The fourth-order valence-corrected chi connectivity index (χ4v) is 0. The second kappa shape index (κ2) is 54.5. The van der Waals surface area contributed by atoms with Gasteiger partial charge in [-0.2, -0.15) is 0 Å². The van der Waals surface area contributed by atoms with Crippen LogP contribution in [0.5, 0.6) is 0 Å². The Morgan fingerprint density at radius 2 is 1.20 bits per heavy atom. The van der Waals surface area contributed by atoms with E-state index in [-0.39, 0.29) is 62.3 Å². The second-order valence-electron chi connectivity index (χ2n) is 0. The number of hydrogen-bond donors (Lipinski definition) is 0. The van der Waals surface area contributed by atoms with Crippen LogP contribution < -0.4 is 29.6 Å². The number of rotatable bonds is 0. The summed E-state index contributed by atoms with van der Waals surface area (Å²) in [5, 5.41) is 6.25. The zero-order valence-electron chi connectivity index (χ0n) is 3.06. The van der Waals surface area contributed by atoms with Crippen LogP contribution in [-0.2, 0) is 32.8 Å². The van der Waals surface area contributed by atoms with E-state index in [4.69, 9.17) is 11.8 Å². The zero-order valence-corrected chi connectivity index (χ0v) is 9.10. The van der Waals surface area contributed by atoms with Gasteiger partial charge in [0.05, 0.1) is 0 Å². The van der Waals surface area contributed by atoms with Crippen LogP contribution in [0.4, 0.5) is 0 Å². The Kier molecular flexibility index (Phi) is 357. The van der Waals surface area contributed by atoms with Crippen LogP contribution in [-0.4, -0.2) is 0 Å². The molecule has 0 rings (SSSR count). The summed E-state index contributed by atoms with van der Waals surface area (Å²) in [6.07, 6.45) is 0. The number of hydrogen-bond acceptors (Lipinski definition) is 1. The molecule has 0 fully saturated rings. The van der Waals surface area contributed by atoms with Crippen LogP contribution in [0.2, 0.25) is 0 Å². The predicted octanol–water partition coefficient (Wildman–Crippen LogP) is -3.02. The molecule has 0 aromatic heterocycles. The molecule has 4 heteroatoms. The fourth-order valence-electron chi connectivity index (χ4n) is 0. The van der Waals surface area contributed by atoms with E-state index in [1.54, 1.807) is 0 Å². The van der Waals surface area contributed by atoms with E-state index in [0.717, 1.165) is 0 Å². The van der Waals surface area contributed by atoms with Crippen LogP contribution in [0.1, 0.15) is 0 Å². The van der Waals surface area contributed by atoms with Crippen molar-refractivity contribution in [2.45, 2.75) is 0 Å². The summed E-state index contributed by atoms with van der Waals surface area (Å²) in [5.74, 6) is 0. The van der Waals surface area contributed by atoms with E-state index in [2.05, 4.69) is 0 Å². The van der Waals surface area contributed by atoms with Gasteiger partial charge in [-0.05, 0) is 0 Å². The first-order valence-electron chi connectivity index (χ1n) is 0.224. The van der Waals surface area contributed by atoms with E-state index in [1.165, 1.54) is 0 Å². The first kappa shape index (κ1) is 32.7. The van der Waals surface area contributed by atoms with Gasteiger partial charge in [-0.25, -0.2) is 0 Å². The van der Waals surface area contributed by atoms with Gasteiger partial charge < -0.3 is 17.3 Å². The minimum atomic E-state index is 0. The molecule has 0 aromatic rings. The smallest absolute Gasteiger partial charge is 2.00 e. The number of nitrogens with zero attached hydrogens (tertiary/aromatic N) is 1. The Balaban J connectivity index is -0.00000000167. The SMILES string of the molecule is [C-]#N.[Cd+2].[Na+].[O-2]. The Morgan fingerprint density at radius 3 is 1.20 bits per heavy atom. The van der Waals surface area contributed by atoms with Crippen molar-refractivity contribution in [2.24, 2.45) is 0 Å². The van der Waals surface area contributed by atoms with E-state index in [9.17, 15) is 0 Å². The molecule has 5 heavy (non-hydrogen) atoms. The molecule has 0 aliphatic carbocycles. The van der Waals surface area contributed by atoms with Crippen molar-refractivity contribution in [3.63, 3.8) is 0 Å². The van der Waals surface area contributed by atoms with Crippen LogP contribution >= 0.6 is 0 Å². The van der Waals surface area contributed by atoms with Crippen molar-refractivity contribution < 1.29 is 62.3 Å². The molecule has 0 N–H and O–H groups in total. The average molecular weight is 177 g/mol. The van der Waals surface area contributed by atoms with Crippen molar-refractivity contribution >= 4 is 0 Å². The summed E-state index contributed by atoms with van der Waals surface area (Å²) in [5.41, 5.74) is 0. The molecule has 0 heterocycles. The summed E-state index contributed by atoms with van der Waals surface area (Å²) in [6.45, 7) is 4.75. The van der Waals surface area contributed by atoms with Crippen LogP contribution in [0, 0.1) is 11.8 Å². The van der Waals surface area contributed by atoms with Gasteiger partial charge in [-0.3, -0.25) is 0 Å². The quantitative estimate of drug-likeness (QED) is 0.287. The Hall–Kier alpha value is 1.37. The summed E-state index contributed by atoms with van der Waals surface area (Å²) in [7, 11) is 0. The summed E-state index contributed by atoms with van der Waals surface area (Å²) in [4.78, 5) is 0. The predicted molar refractivity (Wildman–Crippen MR) is 5.65 cm³/mol. The molecule has 0 radical (unpaired) electrons. The van der Waals surface area contributed by atoms with E-state index in [1.807, 2.05) is 0 Å². The third-order valence-electron chi connectivity index (χ3n) is 0. The minimum absolute atomic E-state index is 0. The van der Waals surface area contributed by atoms with Gasteiger partial charge in [0, 0.05) is 0 Å². The molecule has 2 nitrogen and oxygen atoms in total. The van der Waals surface area contributed by atoms with Crippen molar-refractivity contribution in [1.29, 1.82) is 5.26 Å². The van der Waals surface area contributed by atoms with E-state index < -0.39 is 0 Å². The Labute approximate surface area is 73.3 Å². The molecule has 0 aliphatic rings. The topological polar surface area (TPSA) is 52.3 Å². The summed E-state index contributed by atoms with van der Waals surface area (Å²) >= 11 is 0. The molecule has 0 saturated heterocycles. The van der Waals surface area contributed by atoms with Crippen LogP contribution in [0.25, 0.3) is 0 Å². The molecular formula is CCdNNaO. The average Bonchev–Trinajstić information content (AvgIpc) is 1.00. The monoisotopic (exact) mass is 179 g/mol. The third-order valence-corrected chi connectivity index (χ3v) is 0. The van der Waals surface area contributed by atoms with Gasteiger partial charge in [0.2, 0.25) is 0 Å². The first-order chi connectivity index (χ1) is 1.00. The van der Waals surface area contributed by atoms with Crippen LogP contribution in [0.15, 0.2) is 0 Å². The first-order valence-corrected chi connectivity index (χ1v) is 0.224.